The molecule has 0 radical (unpaired) electrons. The minimum Gasteiger partial charge on any atom is -0.368 e. The van der Waals surface area contributed by atoms with Gasteiger partial charge in [0.2, 0.25) is 0 Å². The second-order valence-corrected chi connectivity index (χ2v) is 9.89. The van der Waals surface area contributed by atoms with Crippen LogP contribution in [0.1, 0.15) is 34.6 Å². The number of hydrogen-bond acceptors (Lipinski definition) is 5. The molecule has 4 rings (SSSR count). The zero-order chi connectivity index (χ0) is 21.6. The van der Waals surface area contributed by atoms with Gasteiger partial charge in [0.1, 0.15) is 4.90 Å². The molecular weight excluding hydrogens is 426 g/mol. The van der Waals surface area contributed by atoms with E-state index in [1.54, 1.807) is 18.7 Å². The third-order valence-electron chi connectivity index (χ3n) is 5.41. The average Bonchev–Trinajstić information content (AvgIpc) is 2.92. The van der Waals surface area contributed by atoms with Crippen molar-refractivity contribution >= 4 is 39.1 Å². The van der Waals surface area contributed by atoms with Crippen molar-refractivity contribution in [3.05, 3.63) is 58.6 Å². The van der Waals surface area contributed by atoms with Crippen molar-refractivity contribution in [3.8, 4) is 0 Å². The summed E-state index contributed by atoms with van der Waals surface area (Å²) in [4.78, 5) is 29.2. The molecule has 2 amide bonds. The number of hydrogen-bond donors (Lipinski definition) is 0. The topological polar surface area (TPSA) is 78.0 Å². The largest absolute Gasteiger partial charge is 0.368 e. The molecule has 0 unspecified atom stereocenters. The molecule has 2 aromatic rings. The Morgan fingerprint density at radius 1 is 1.03 bits per heavy atom. The molecule has 9 heteroatoms. The number of fused-ring (bicyclic) bond motifs is 1. The van der Waals surface area contributed by atoms with E-state index in [1.165, 1.54) is 18.2 Å². The minimum atomic E-state index is -3.94. The first-order valence-electron chi connectivity index (χ1n) is 9.73. The molecule has 2 heterocycles. The van der Waals surface area contributed by atoms with Crippen LogP contribution >= 0.6 is 11.6 Å². The van der Waals surface area contributed by atoms with Gasteiger partial charge < -0.3 is 9.80 Å². The molecule has 0 aromatic heterocycles. The molecule has 0 aliphatic carbocycles. The number of carbonyl (C=O) groups excluding carboxylic acids is 2. The van der Waals surface area contributed by atoms with E-state index in [2.05, 4.69) is 4.90 Å². The first-order chi connectivity index (χ1) is 14.2. The molecule has 0 bridgehead atoms. The summed E-state index contributed by atoms with van der Waals surface area (Å²) >= 11 is 6.06. The van der Waals surface area contributed by atoms with Gasteiger partial charge in [0.05, 0.1) is 5.56 Å². The maximum Gasteiger partial charge on any atom is 0.269 e. The van der Waals surface area contributed by atoms with Crippen LogP contribution in [0, 0.1) is 0 Å². The molecule has 1 saturated heterocycles. The summed E-state index contributed by atoms with van der Waals surface area (Å²) in [6.45, 7) is 5.60. The fourth-order valence-corrected chi connectivity index (χ4v) is 5.89. The lowest BCUT2D eigenvalue weighted by atomic mass is 10.1. The summed E-state index contributed by atoms with van der Waals surface area (Å²) in [5.74, 6) is -0.789. The van der Waals surface area contributed by atoms with Crippen molar-refractivity contribution in [2.45, 2.75) is 24.8 Å². The Hall–Kier alpha value is -2.58. The van der Waals surface area contributed by atoms with Gasteiger partial charge in [-0.3, -0.25) is 9.59 Å². The summed E-state index contributed by atoms with van der Waals surface area (Å²) in [6, 6.07) is 11.4. The van der Waals surface area contributed by atoms with E-state index in [1.807, 2.05) is 24.3 Å². The van der Waals surface area contributed by atoms with Crippen LogP contribution in [0.5, 0.6) is 0 Å². The molecule has 2 aliphatic heterocycles. The van der Waals surface area contributed by atoms with Gasteiger partial charge in [0.25, 0.3) is 21.8 Å². The second-order valence-electron chi connectivity index (χ2n) is 7.67. The molecule has 2 aliphatic rings. The van der Waals surface area contributed by atoms with Crippen LogP contribution in [0.3, 0.4) is 0 Å². The van der Waals surface area contributed by atoms with E-state index in [0.717, 1.165) is 9.99 Å². The van der Waals surface area contributed by atoms with Crippen LogP contribution in [0.2, 0.25) is 5.02 Å². The van der Waals surface area contributed by atoms with Crippen LogP contribution < -0.4 is 4.90 Å². The van der Waals surface area contributed by atoms with Gasteiger partial charge >= 0.3 is 0 Å². The Bertz CT molecular complexity index is 1120. The molecule has 30 heavy (non-hydrogen) atoms. The number of halogens is 1. The lowest BCUT2D eigenvalue weighted by molar-refractivity contribution is 0.0745. The minimum absolute atomic E-state index is 0.0930. The summed E-state index contributed by atoms with van der Waals surface area (Å²) in [7, 11) is -3.94. The molecule has 7 nitrogen and oxygen atoms in total. The maximum absolute atomic E-state index is 13.0. The number of carbonyl (C=O) groups is 2. The van der Waals surface area contributed by atoms with Gasteiger partial charge in [-0.2, -0.15) is 0 Å². The highest BCUT2D eigenvalue weighted by Gasteiger charge is 2.43. The van der Waals surface area contributed by atoms with Crippen LogP contribution in [0.15, 0.2) is 47.4 Å². The van der Waals surface area contributed by atoms with Crippen LogP contribution in [0.4, 0.5) is 5.69 Å². The molecule has 158 valence electrons. The third-order valence-corrected chi connectivity index (χ3v) is 7.64. The van der Waals surface area contributed by atoms with Crippen molar-refractivity contribution in [2.75, 3.05) is 31.1 Å². The number of sulfonamides is 1. The monoisotopic (exact) mass is 447 g/mol. The highest BCUT2D eigenvalue weighted by molar-refractivity contribution is 7.90. The van der Waals surface area contributed by atoms with E-state index in [9.17, 15) is 18.0 Å². The zero-order valence-corrected chi connectivity index (χ0v) is 18.3. The van der Waals surface area contributed by atoms with E-state index >= 15 is 0 Å². The van der Waals surface area contributed by atoms with Crippen LogP contribution in [-0.2, 0) is 10.0 Å². The van der Waals surface area contributed by atoms with Gasteiger partial charge in [-0.05, 0) is 50.2 Å². The number of amides is 2. The Balaban J connectivity index is 1.52. The van der Waals surface area contributed by atoms with Gasteiger partial charge in [-0.1, -0.05) is 17.7 Å². The predicted molar refractivity (Wildman–Crippen MR) is 115 cm³/mol. The number of piperazine rings is 1. The number of rotatable bonds is 3. The standard InChI is InChI=1S/C21H22ClN3O4S/c1-14(2)25-21(27)18-7-6-15(12-19(18)30(25,28)29)20(26)24-10-8-23(9-11-24)17-5-3-4-16(22)13-17/h3-7,12-14H,8-11H2,1-2H3. The highest BCUT2D eigenvalue weighted by atomic mass is 35.5. The summed E-state index contributed by atoms with van der Waals surface area (Å²) in [6.07, 6.45) is 0. The third kappa shape index (κ3) is 3.44. The number of nitrogens with zero attached hydrogens (tertiary/aromatic N) is 3. The molecule has 1 fully saturated rings. The van der Waals surface area contributed by atoms with Crippen LogP contribution in [0.25, 0.3) is 0 Å². The van der Waals surface area contributed by atoms with Crippen LogP contribution in [-0.4, -0.2) is 61.7 Å². The van der Waals surface area contributed by atoms with E-state index in [-0.39, 0.29) is 21.9 Å². The Kier molecular flexibility index (Phi) is 5.23. The van der Waals surface area contributed by atoms with Crippen molar-refractivity contribution in [2.24, 2.45) is 0 Å². The van der Waals surface area contributed by atoms with E-state index < -0.39 is 22.0 Å². The molecule has 0 atom stereocenters. The highest BCUT2D eigenvalue weighted by Crippen LogP contribution is 2.33. The maximum atomic E-state index is 13.0. The first kappa shape index (κ1) is 20.7. The van der Waals surface area contributed by atoms with Crippen molar-refractivity contribution in [3.63, 3.8) is 0 Å². The molecular formula is C21H22ClN3O4S. The van der Waals surface area contributed by atoms with Crippen molar-refractivity contribution in [1.29, 1.82) is 0 Å². The SMILES string of the molecule is CC(C)N1C(=O)c2ccc(C(=O)N3CCN(c4cccc(Cl)c4)CC3)cc2S1(=O)=O. The number of anilines is 1. The Labute approximate surface area is 180 Å². The van der Waals surface area contributed by atoms with Gasteiger partial charge in [0, 0.05) is 48.5 Å². The summed E-state index contributed by atoms with van der Waals surface area (Å²) in [5.41, 5.74) is 1.39. The zero-order valence-electron chi connectivity index (χ0n) is 16.7. The smallest absolute Gasteiger partial charge is 0.269 e. The first-order valence-corrected chi connectivity index (χ1v) is 11.5. The fourth-order valence-electron chi connectivity index (χ4n) is 3.91. The summed E-state index contributed by atoms with van der Waals surface area (Å²) < 4.78 is 26.4. The summed E-state index contributed by atoms with van der Waals surface area (Å²) in [5, 5.41) is 0.662. The number of benzene rings is 2. The van der Waals surface area contributed by atoms with Gasteiger partial charge in [-0.25, -0.2) is 12.7 Å². The molecule has 2 aromatic carbocycles. The Morgan fingerprint density at radius 2 is 1.73 bits per heavy atom. The van der Waals surface area contributed by atoms with Crippen molar-refractivity contribution in [1.82, 2.24) is 9.21 Å². The molecule has 0 saturated carbocycles. The predicted octanol–water partition coefficient (Wildman–Crippen LogP) is 2.86. The molecule has 0 N–H and O–H groups in total. The lowest BCUT2D eigenvalue weighted by Gasteiger charge is -2.36. The van der Waals surface area contributed by atoms with Crippen molar-refractivity contribution < 1.29 is 18.0 Å². The quantitative estimate of drug-likeness (QED) is 0.723. The van der Waals surface area contributed by atoms with E-state index in [4.69, 9.17) is 11.6 Å². The molecule has 0 spiro atoms. The van der Waals surface area contributed by atoms with Gasteiger partial charge in [0.15, 0.2) is 0 Å². The normalized spacial score (nSPS) is 18.1. The second kappa shape index (κ2) is 7.59. The fraction of sp³-hybridized carbons (Fsp3) is 0.333. The lowest BCUT2D eigenvalue weighted by Crippen LogP contribution is -2.48. The average molecular weight is 448 g/mol. The van der Waals surface area contributed by atoms with E-state index in [0.29, 0.717) is 31.2 Å². The Morgan fingerprint density at radius 3 is 2.37 bits per heavy atom. The van der Waals surface area contributed by atoms with Gasteiger partial charge in [-0.15, -0.1) is 0 Å².